The zero-order valence-corrected chi connectivity index (χ0v) is 22.8. The highest BCUT2D eigenvalue weighted by Gasteiger charge is 2.35. The predicted molar refractivity (Wildman–Crippen MR) is 149 cm³/mol. The topological polar surface area (TPSA) is 71.1 Å². The molecule has 0 saturated carbocycles. The van der Waals surface area contributed by atoms with E-state index in [1.54, 1.807) is 31.2 Å². The number of nitrogens with one attached hydrogen (secondary N) is 1. The van der Waals surface area contributed by atoms with Crippen molar-refractivity contribution >= 4 is 40.7 Å². The Balaban J connectivity index is 1.38. The third-order valence-corrected chi connectivity index (χ3v) is 7.72. The Labute approximate surface area is 236 Å². The fourth-order valence-corrected chi connectivity index (χ4v) is 5.14. The van der Waals surface area contributed by atoms with Gasteiger partial charge < -0.3 is 14.8 Å². The minimum absolute atomic E-state index is 0.204. The molecular formula is C29H28Cl2FN3O4. The van der Waals surface area contributed by atoms with E-state index in [1.807, 2.05) is 24.3 Å². The van der Waals surface area contributed by atoms with E-state index in [2.05, 4.69) is 10.2 Å². The van der Waals surface area contributed by atoms with Crippen molar-refractivity contribution in [2.45, 2.75) is 19.0 Å². The van der Waals surface area contributed by atoms with Gasteiger partial charge in [-0.1, -0.05) is 59.6 Å². The third-order valence-electron chi connectivity index (χ3n) is 7.00. The van der Waals surface area contributed by atoms with E-state index in [4.69, 9.17) is 32.7 Å². The van der Waals surface area contributed by atoms with Gasteiger partial charge in [-0.25, -0.2) is 4.39 Å². The van der Waals surface area contributed by atoms with Gasteiger partial charge in [-0.2, -0.15) is 0 Å². The summed E-state index contributed by atoms with van der Waals surface area (Å²) in [7, 11) is 0. The molecule has 39 heavy (non-hydrogen) atoms. The lowest BCUT2D eigenvalue weighted by Gasteiger charge is -2.35. The lowest BCUT2D eigenvalue weighted by atomic mass is 10.00. The number of carbonyl (C=O) groups is 2. The Kier molecular flexibility index (Phi) is 8.37. The number of ether oxygens (including phenoxy) is 2. The van der Waals surface area contributed by atoms with Gasteiger partial charge in [-0.3, -0.25) is 19.4 Å². The zero-order chi connectivity index (χ0) is 27.5. The molecular weight excluding hydrogens is 544 g/mol. The maximum absolute atomic E-state index is 13.6. The second-order valence-electron chi connectivity index (χ2n) is 9.57. The molecule has 2 unspecified atom stereocenters. The normalized spacial score (nSPS) is 17.2. The second-order valence-corrected chi connectivity index (χ2v) is 10.4. The Morgan fingerprint density at radius 3 is 2.28 bits per heavy atom. The van der Waals surface area contributed by atoms with Crippen LogP contribution < -0.4 is 15.0 Å². The predicted octanol–water partition coefficient (Wildman–Crippen LogP) is 5.10. The first-order valence-electron chi connectivity index (χ1n) is 12.7. The average Bonchev–Trinajstić information content (AvgIpc) is 2.94. The Morgan fingerprint density at radius 1 is 1.00 bits per heavy atom. The minimum atomic E-state index is -0.830. The van der Waals surface area contributed by atoms with E-state index in [-0.39, 0.29) is 35.3 Å². The van der Waals surface area contributed by atoms with Gasteiger partial charge in [0.1, 0.15) is 17.6 Å². The van der Waals surface area contributed by atoms with Crippen molar-refractivity contribution in [2.24, 2.45) is 0 Å². The zero-order valence-electron chi connectivity index (χ0n) is 21.3. The fraction of sp³-hybridized carbons (Fsp3) is 0.310. The van der Waals surface area contributed by atoms with Crippen LogP contribution in [0.25, 0.3) is 11.1 Å². The standard InChI is InChI=1S/C29H28Cl2FN3O4/c1-18(35-26-14-23(30)24(31)15-27(26)39-17-28(35)36)29(37)33-25(16-34-10-12-38-13-11-34)21-4-2-19(3-5-21)20-6-8-22(32)9-7-20/h2-9,14-15,18,25H,10-13,16-17H2,1H3,(H,33,37). The van der Waals surface area contributed by atoms with E-state index in [0.29, 0.717) is 36.2 Å². The van der Waals surface area contributed by atoms with Crippen LogP contribution in [0.1, 0.15) is 18.5 Å². The lowest BCUT2D eigenvalue weighted by molar-refractivity contribution is -0.128. The molecule has 0 bridgehead atoms. The highest BCUT2D eigenvalue weighted by atomic mass is 35.5. The third kappa shape index (κ3) is 6.20. The maximum Gasteiger partial charge on any atom is 0.265 e. The number of amides is 2. The summed E-state index contributed by atoms with van der Waals surface area (Å²) < 4.78 is 24.4. The van der Waals surface area contributed by atoms with Crippen molar-refractivity contribution in [3.05, 3.63) is 82.1 Å². The van der Waals surface area contributed by atoms with Crippen LogP contribution in [0.3, 0.4) is 0 Å². The van der Waals surface area contributed by atoms with Crippen molar-refractivity contribution < 1.29 is 23.5 Å². The van der Waals surface area contributed by atoms with Crippen LogP contribution in [0.5, 0.6) is 5.75 Å². The smallest absolute Gasteiger partial charge is 0.265 e. The second kappa shape index (κ2) is 11.9. The van der Waals surface area contributed by atoms with Crippen molar-refractivity contribution in [1.82, 2.24) is 10.2 Å². The molecule has 10 heteroatoms. The number of nitrogens with zero attached hydrogens (tertiary/aromatic N) is 2. The van der Waals surface area contributed by atoms with Crippen LogP contribution in [0, 0.1) is 5.82 Å². The number of hydrogen-bond donors (Lipinski definition) is 1. The summed E-state index contributed by atoms with van der Waals surface area (Å²) in [4.78, 5) is 30.1. The van der Waals surface area contributed by atoms with E-state index in [1.165, 1.54) is 17.0 Å². The van der Waals surface area contributed by atoms with Gasteiger partial charge in [0.15, 0.2) is 6.61 Å². The van der Waals surface area contributed by atoms with Crippen LogP contribution in [-0.2, 0) is 14.3 Å². The highest BCUT2D eigenvalue weighted by Crippen LogP contribution is 2.39. The molecule has 0 aliphatic carbocycles. The molecule has 2 aliphatic heterocycles. The quantitative estimate of drug-likeness (QED) is 0.427. The molecule has 0 aromatic heterocycles. The Hall–Kier alpha value is -3.17. The molecule has 3 aromatic rings. The van der Waals surface area contributed by atoms with Crippen molar-refractivity contribution in [3.63, 3.8) is 0 Å². The summed E-state index contributed by atoms with van der Waals surface area (Å²) in [5.41, 5.74) is 3.15. The monoisotopic (exact) mass is 571 g/mol. The van der Waals surface area contributed by atoms with Gasteiger partial charge in [-0.05, 0) is 41.8 Å². The van der Waals surface area contributed by atoms with Crippen LogP contribution in [0.4, 0.5) is 10.1 Å². The summed E-state index contributed by atoms with van der Waals surface area (Å²) in [6, 6.07) is 16.1. The first kappa shape index (κ1) is 27.4. The van der Waals surface area contributed by atoms with E-state index >= 15 is 0 Å². The van der Waals surface area contributed by atoms with Gasteiger partial charge >= 0.3 is 0 Å². The highest BCUT2D eigenvalue weighted by molar-refractivity contribution is 6.42. The largest absolute Gasteiger partial charge is 0.482 e. The molecule has 5 rings (SSSR count). The lowest BCUT2D eigenvalue weighted by Crippen LogP contribution is -2.53. The minimum Gasteiger partial charge on any atom is -0.482 e. The number of halogens is 3. The van der Waals surface area contributed by atoms with Crippen LogP contribution in [-0.4, -0.2) is 62.2 Å². The van der Waals surface area contributed by atoms with Gasteiger partial charge in [-0.15, -0.1) is 0 Å². The Bertz CT molecular complexity index is 1350. The Morgan fingerprint density at radius 2 is 1.62 bits per heavy atom. The molecule has 2 amide bonds. The molecule has 0 spiro atoms. The molecule has 1 N–H and O–H groups in total. The molecule has 2 aliphatic rings. The maximum atomic E-state index is 13.6. The first-order valence-corrected chi connectivity index (χ1v) is 13.5. The first-order chi connectivity index (χ1) is 18.8. The number of hydrogen-bond acceptors (Lipinski definition) is 5. The molecule has 3 aromatic carbocycles. The van der Waals surface area contributed by atoms with Crippen molar-refractivity contribution in [2.75, 3.05) is 44.4 Å². The summed E-state index contributed by atoms with van der Waals surface area (Å²) in [5.74, 6) is -0.561. The van der Waals surface area contributed by atoms with Crippen LogP contribution >= 0.6 is 23.2 Å². The SMILES string of the molecule is CC(C(=O)NC(CN1CCOCC1)c1ccc(-c2ccc(F)cc2)cc1)N1C(=O)COc2cc(Cl)c(Cl)cc21. The van der Waals surface area contributed by atoms with Gasteiger partial charge in [0, 0.05) is 25.7 Å². The average molecular weight is 572 g/mol. The number of carbonyl (C=O) groups excluding carboxylic acids is 2. The van der Waals surface area contributed by atoms with Gasteiger partial charge in [0.25, 0.3) is 5.91 Å². The number of benzene rings is 3. The molecule has 2 heterocycles. The van der Waals surface area contributed by atoms with Crippen molar-refractivity contribution in [3.8, 4) is 16.9 Å². The van der Waals surface area contributed by atoms with Crippen LogP contribution in [0.15, 0.2) is 60.7 Å². The summed E-state index contributed by atoms with van der Waals surface area (Å²) in [6.07, 6.45) is 0. The summed E-state index contributed by atoms with van der Waals surface area (Å²) >= 11 is 12.4. The molecule has 7 nitrogen and oxygen atoms in total. The fourth-order valence-electron chi connectivity index (χ4n) is 4.83. The molecule has 1 saturated heterocycles. The molecule has 2 atom stereocenters. The molecule has 1 fully saturated rings. The van der Waals surface area contributed by atoms with Crippen LogP contribution in [0.2, 0.25) is 10.0 Å². The summed E-state index contributed by atoms with van der Waals surface area (Å²) in [5, 5.41) is 3.72. The molecule has 0 radical (unpaired) electrons. The number of fused-ring (bicyclic) bond motifs is 1. The van der Waals surface area contributed by atoms with Crippen molar-refractivity contribution in [1.29, 1.82) is 0 Å². The number of rotatable bonds is 7. The number of anilines is 1. The van der Waals surface area contributed by atoms with Gasteiger partial charge in [0.05, 0.1) is 35.0 Å². The summed E-state index contributed by atoms with van der Waals surface area (Å²) in [6.45, 7) is 4.81. The van der Waals surface area contributed by atoms with E-state index < -0.39 is 6.04 Å². The van der Waals surface area contributed by atoms with Gasteiger partial charge in [0.2, 0.25) is 5.91 Å². The number of morpholine rings is 1. The van der Waals surface area contributed by atoms with E-state index in [9.17, 15) is 14.0 Å². The van der Waals surface area contributed by atoms with E-state index in [0.717, 1.165) is 29.8 Å². The molecule has 204 valence electrons.